The molecule has 0 bridgehead atoms. The number of carboxylic acids is 1. The third-order valence-electron chi connectivity index (χ3n) is 6.59. The second-order valence-electron chi connectivity index (χ2n) is 9.25. The molecule has 0 aromatic heterocycles. The maximum Gasteiger partial charge on any atom is 0.335 e. The Hall–Kier alpha value is -4.40. The summed E-state index contributed by atoms with van der Waals surface area (Å²) in [5, 5.41) is 13.3. The van der Waals surface area contributed by atoms with Gasteiger partial charge in [-0.15, -0.1) is 0 Å². The Morgan fingerprint density at radius 1 is 0.947 bits per heavy atom. The van der Waals surface area contributed by atoms with Crippen molar-refractivity contribution in [1.82, 2.24) is 4.90 Å². The summed E-state index contributed by atoms with van der Waals surface area (Å²) in [6.45, 7) is 5.19. The quantitative estimate of drug-likeness (QED) is 0.450. The van der Waals surface area contributed by atoms with Crippen LogP contribution in [0.1, 0.15) is 46.5 Å². The van der Waals surface area contributed by atoms with Gasteiger partial charge in [0.05, 0.1) is 43.1 Å². The molecule has 196 valence electrons. The number of rotatable bonds is 8. The summed E-state index contributed by atoms with van der Waals surface area (Å²) in [6.07, 6.45) is 0.515. The molecule has 1 spiro atoms. The van der Waals surface area contributed by atoms with Gasteiger partial charge in [0.1, 0.15) is 17.3 Å². The lowest BCUT2D eigenvalue weighted by atomic mass is 9.86. The Bertz CT molecular complexity index is 1370. The van der Waals surface area contributed by atoms with Crippen molar-refractivity contribution in [3.63, 3.8) is 0 Å². The highest BCUT2D eigenvalue weighted by atomic mass is 19.1. The van der Waals surface area contributed by atoms with E-state index < -0.39 is 11.6 Å². The van der Waals surface area contributed by atoms with Crippen LogP contribution in [0.3, 0.4) is 0 Å². The van der Waals surface area contributed by atoms with E-state index in [1.54, 1.807) is 41.3 Å². The van der Waals surface area contributed by atoms with Crippen molar-refractivity contribution in [3.8, 4) is 22.6 Å². The van der Waals surface area contributed by atoms with Crippen molar-refractivity contribution in [2.24, 2.45) is 5.16 Å². The molecule has 1 amide bonds. The van der Waals surface area contributed by atoms with Gasteiger partial charge in [-0.2, -0.15) is 0 Å². The fourth-order valence-electron chi connectivity index (χ4n) is 4.78. The minimum absolute atomic E-state index is 0.189. The zero-order chi connectivity index (χ0) is 26.9. The Morgan fingerprint density at radius 3 is 2.08 bits per heavy atom. The molecule has 0 saturated carbocycles. The van der Waals surface area contributed by atoms with E-state index in [4.69, 9.17) is 19.4 Å². The third-order valence-corrected chi connectivity index (χ3v) is 6.59. The lowest BCUT2D eigenvalue weighted by Crippen LogP contribution is -2.63. The van der Waals surface area contributed by atoms with E-state index in [9.17, 15) is 14.0 Å². The first kappa shape index (κ1) is 25.3. The number of carbonyl (C=O) groups excluding carboxylic acids is 1. The van der Waals surface area contributed by atoms with Crippen LogP contribution in [-0.4, -0.2) is 59.5 Å². The molecule has 8 nitrogen and oxygen atoms in total. The fraction of sp³-hybridized carbons (Fsp3) is 0.276. The van der Waals surface area contributed by atoms with Crippen LogP contribution in [0.5, 0.6) is 11.5 Å². The van der Waals surface area contributed by atoms with E-state index >= 15 is 0 Å². The number of halogens is 1. The van der Waals surface area contributed by atoms with Gasteiger partial charge < -0.3 is 24.3 Å². The van der Waals surface area contributed by atoms with E-state index in [2.05, 4.69) is 5.16 Å². The summed E-state index contributed by atoms with van der Waals surface area (Å²) in [5.41, 5.74) is 2.91. The van der Waals surface area contributed by atoms with Gasteiger partial charge in [-0.25, -0.2) is 9.18 Å². The van der Waals surface area contributed by atoms with Crippen LogP contribution < -0.4 is 9.47 Å². The minimum Gasteiger partial charge on any atom is -0.493 e. The van der Waals surface area contributed by atoms with Crippen LogP contribution in [0.15, 0.2) is 65.8 Å². The van der Waals surface area contributed by atoms with Crippen molar-refractivity contribution in [3.05, 3.63) is 83.2 Å². The second kappa shape index (κ2) is 10.2. The van der Waals surface area contributed by atoms with Gasteiger partial charge in [-0.3, -0.25) is 4.79 Å². The highest BCUT2D eigenvalue weighted by Gasteiger charge is 2.52. The van der Waals surface area contributed by atoms with Gasteiger partial charge in [0.25, 0.3) is 5.91 Å². The number of ether oxygens (including phenoxy) is 2. The van der Waals surface area contributed by atoms with Gasteiger partial charge in [0.2, 0.25) is 0 Å². The zero-order valence-corrected chi connectivity index (χ0v) is 21.1. The summed E-state index contributed by atoms with van der Waals surface area (Å²) in [6, 6.07) is 15.9. The molecule has 3 aromatic carbocycles. The molecule has 0 unspecified atom stereocenters. The lowest BCUT2D eigenvalue weighted by Gasteiger charge is -2.45. The summed E-state index contributed by atoms with van der Waals surface area (Å²) < 4.78 is 25.3. The monoisotopic (exact) mass is 518 g/mol. The third kappa shape index (κ3) is 4.79. The molecule has 0 atom stereocenters. The minimum atomic E-state index is -0.989. The number of likely N-dealkylation sites (tertiary alicyclic amines) is 1. The first-order valence-corrected chi connectivity index (χ1v) is 12.4. The molecule has 1 fully saturated rings. The normalized spacial score (nSPS) is 15.4. The summed E-state index contributed by atoms with van der Waals surface area (Å²) in [7, 11) is 0. The van der Waals surface area contributed by atoms with E-state index in [-0.39, 0.29) is 17.3 Å². The Labute approximate surface area is 219 Å². The van der Waals surface area contributed by atoms with Gasteiger partial charge in [-0.1, -0.05) is 29.4 Å². The smallest absolute Gasteiger partial charge is 0.335 e. The molecule has 0 aliphatic carbocycles. The highest BCUT2D eigenvalue weighted by molar-refractivity contribution is 6.03. The van der Waals surface area contributed by atoms with Crippen molar-refractivity contribution in [2.45, 2.75) is 25.9 Å². The van der Waals surface area contributed by atoms with Crippen LogP contribution in [0.4, 0.5) is 4.39 Å². The van der Waals surface area contributed by atoms with E-state index in [1.165, 1.54) is 24.3 Å². The van der Waals surface area contributed by atoms with Crippen LogP contribution in [0.25, 0.3) is 11.1 Å². The predicted octanol–water partition coefficient (Wildman–Crippen LogP) is 5.01. The predicted molar refractivity (Wildman–Crippen MR) is 138 cm³/mol. The molecule has 9 heteroatoms. The van der Waals surface area contributed by atoms with Crippen molar-refractivity contribution >= 4 is 17.6 Å². The SMILES string of the molecule is CCOc1cc(C(=O)N2CC3(CC(c4ccc(C(=O)O)cc4)=NO3)C2)cc(OCC)c1-c1ccc(F)cc1. The standard InChI is InChI=1S/C29H27FN2O6/c1-3-36-24-13-21(14-25(37-4-2)26(24)19-9-11-22(30)12-10-19)27(33)32-16-29(17-32)15-23(31-38-29)18-5-7-20(8-6-18)28(34)35/h5-14H,3-4,15-17H2,1-2H3,(H,34,35). The van der Waals surface area contributed by atoms with E-state index in [0.717, 1.165) is 16.8 Å². The second-order valence-corrected chi connectivity index (χ2v) is 9.25. The van der Waals surface area contributed by atoms with Gasteiger partial charge in [0.15, 0.2) is 5.60 Å². The highest BCUT2D eigenvalue weighted by Crippen LogP contribution is 2.42. The Balaban J connectivity index is 1.33. The van der Waals surface area contributed by atoms with Crippen molar-refractivity contribution in [1.29, 1.82) is 0 Å². The number of benzene rings is 3. The number of hydrogen-bond donors (Lipinski definition) is 1. The number of nitrogens with zero attached hydrogens (tertiary/aromatic N) is 2. The molecule has 2 aliphatic heterocycles. The Kier molecular flexibility index (Phi) is 6.75. The first-order chi connectivity index (χ1) is 18.3. The van der Waals surface area contributed by atoms with E-state index in [1.807, 2.05) is 13.8 Å². The molecule has 2 heterocycles. The lowest BCUT2D eigenvalue weighted by molar-refractivity contribution is -0.110. The molecule has 3 aromatic rings. The number of amides is 1. The van der Waals surface area contributed by atoms with Gasteiger partial charge in [0, 0.05) is 12.0 Å². The molecule has 1 saturated heterocycles. The first-order valence-electron chi connectivity index (χ1n) is 12.4. The molecule has 5 rings (SSSR count). The number of carboxylic acid groups (broad SMARTS) is 1. The van der Waals surface area contributed by atoms with Crippen LogP contribution >= 0.6 is 0 Å². The van der Waals surface area contributed by atoms with Gasteiger partial charge >= 0.3 is 5.97 Å². The number of hydrogen-bond acceptors (Lipinski definition) is 6. The maximum atomic E-state index is 13.5. The molecule has 2 aliphatic rings. The Morgan fingerprint density at radius 2 is 1.53 bits per heavy atom. The van der Waals surface area contributed by atoms with Gasteiger partial charge in [-0.05, 0) is 61.4 Å². The molecule has 38 heavy (non-hydrogen) atoms. The zero-order valence-electron chi connectivity index (χ0n) is 21.1. The van der Waals surface area contributed by atoms with Crippen LogP contribution in [0, 0.1) is 5.82 Å². The van der Waals surface area contributed by atoms with E-state index in [0.29, 0.717) is 55.4 Å². The summed E-state index contributed by atoms with van der Waals surface area (Å²) >= 11 is 0. The molecule has 0 radical (unpaired) electrons. The van der Waals surface area contributed by atoms with Crippen molar-refractivity contribution in [2.75, 3.05) is 26.3 Å². The topological polar surface area (TPSA) is 97.7 Å². The maximum absolute atomic E-state index is 13.5. The largest absolute Gasteiger partial charge is 0.493 e. The fourth-order valence-corrected chi connectivity index (χ4v) is 4.78. The average Bonchev–Trinajstić information content (AvgIpc) is 3.35. The number of carbonyl (C=O) groups is 2. The molecular formula is C29H27FN2O6. The van der Waals surface area contributed by atoms with Crippen LogP contribution in [-0.2, 0) is 4.84 Å². The summed E-state index contributed by atoms with van der Waals surface area (Å²) in [4.78, 5) is 32.0. The number of aromatic carboxylic acids is 1. The molecule has 1 N–H and O–H groups in total. The average molecular weight is 519 g/mol. The molecular weight excluding hydrogens is 491 g/mol. The summed E-state index contributed by atoms with van der Waals surface area (Å²) in [5.74, 6) is -0.559. The van der Waals surface area contributed by atoms with Crippen molar-refractivity contribution < 1.29 is 33.4 Å². The van der Waals surface area contributed by atoms with Crippen LogP contribution in [0.2, 0.25) is 0 Å². The number of oxime groups is 1.